The molecule has 0 heterocycles. The van der Waals surface area contributed by atoms with Crippen LogP contribution in [0.5, 0.6) is 0 Å². The third kappa shape index (κ3) is 18.5. The number of carboxylic acids is 1. The molecule has 0 saturated heterocycles. The molecule has 0 aliphatic carbocycles. The third-order valence-electron chi connectivity index (χ3n) is 2.99. The Labute approximate surface area is 117 Å². The van der Waals surface area contributed by atoms with Crippen LogP contribution in [-0.4, -0.2) is 11.1 Å². The van der Waals surface area contributed by atoms with Crippen molar-refractivity contribution < 1.29 is 26.7 Å². The van der Waals surface area contributed by atoms with Gasteiger partial charge in [-0.15, -0.1) is 0 Å². The van der Waals surface area contributed by atoms with Crippen LogP contribution in [0.25, 0.3) is 0 Å². The molecule has 0 amide bonds. The van der Waals surface area contributed by atoms with Gasteiger partial charge in [0.15, 0.2) is 0 Å². The topological polar surface area (TPSA) is 37.3 Å². The first-order valence-corrected chi connectivity index (χ1v) is 6.99. The molecular weight excluding hydrogens is 259 g/mol. The van der Waals surface area contributed by atoms with Gasteiger partial charge in [0.1, 0.15) is 0 Å². The van der Waals surface area contributed by atoms with Gasteiger partial charge in [0, 0.05) is 23.2 Å². The summed E-state index contributed by atoms with van der Waals surface area (Å²) in [6.07, 6.45) is 14.4. The van der Waals surface area contributed by atoms with Crippen LogP contribution in [0.4, 0.5) is 0 Å². The van der Waals surface area contributed by atoms with Crippen molar-refractivity contribution >= 4 is 5.97 Å². The molecule has 0 atom stereocenters. The number of hydrogen-bond donors (Lipinski definition) is 1. The largest absolute Gasteiger partial charge is 0.481 e. The van der Waals surface area contributed by atoms with E-state index in [9.17, 15) is 4.79 Å². The maximum absolute atomic E-state index is 10.3. The van der Waals surface area contributed by atoms with Crippen LogP contribution in [-0.2, 0) is 21.6 Å². The minimum absolute atomic E-state index is 0. The van der Waals surface area contributed by atoms with Crippen LogP contribution in [0.2, 0.25) is 0 Å². The first-order chi connectivity index (χ1) is 7.77. The molecule has 0 bridgehead atoms. The first-order valence-electron chi connectivity index (χ1n) is 6.99. The molecule has 0 aromatic carbocycles. The fraction of sp³-hybridized carbons (Fsp3) is 0.929. The third-order valence-corrected chi connectivity index (χ3v) is 2.99. The van der Waals surface area contributed by atoms with Gasteiger partial charge < -0.3 is 5.11 Å². The molecule has 0 aliphatic rings. The normalized spacial score (nSPS) is 9.94. The van der Waals surface area contributed by atoms with Crippen LogP contribution in [0.3, 0.4) is 0 Å². The van der Waals surface area contributed by atoms with Gasteiger partial charge in [-0.2, -0.15) is 0 Å². The second kappa shape index (κ2) is 16.0. The summed E-state index contributed by atoms with van der Waals surface area (Å²) in [5, 5.41) is 8.46. The maximum atomic E-state index is 10.3. The number of aliphatic carboxylic acids is 1. The molecule has 0 saturated carbocycles. The summed E-state index contributed by atoms with van der Waals surface area (Å²) >= 11 is 0. The molecule has 0 aliphatic heterocycles. The zero-order valence-corrected chi connectivity index (χ0v) is 12.2. The Balaban J connectivity index is 0. The molecule has 105 valence electrons. The zero-order valence-electron chi connectivity index (χ0n) is 11.2. The minimum Gasteiger partial charge on any atom is -0.481 e. The summed E-state index contributed by atoms with van der Waals surface area (Å²) in [4.78, 5) is 10.3. The fourth-order valence-electron chi connectivity index (χ4n) is 1.94. The van der Waals surface area contributed by atoms with Gasteiger partial charge in [-0.1, -0.05) is 71.1 Å². The van der Waals surface area contributed by atoms with E-state index in [1.807, 2.05) is 0 Å². The molecule has 1 N–H and O–H groups in total. The first kappa shape index (κ1) is 19.3. The molecule has 0 spiro atoms. The zero-order chi connectivity index (χ0) is 12.1. The van der Waals surface area contributed by atoms with Crippen molar-refractivity contribution in [3.63, 3.8) is 0 Å². The molecule has 1 radical (unpaired) electrons. The van der Waals surface area contributed by atoms with E-state index < -0.39 is 5.97 Å². The van der Waals surface area contributed by atoms with Gasteiger partial charge in [-0.3, -0.25) is 4.79 Å². The molecule has 0 fully saturated rings. The molecule has 0 rings (SSSR count). The van der Waals surface area contributed by atoms with E-state index >= 15 is 0 Å². The van der Waals surface area contributed by atoms with E-state index in [-0.39, 0.29) is 16.8 Å². The van der Waals surface area contributed by atoms with E-state index in [1.54, 1.807) is 0 Å². The van der Waals surface area contributed by atoms with E-state index in [0.717, 1.165) is 12.8 Å². The quantitative estimate of drug-likeness (QED) is 0.525. The molecular formula is C14H28CoO2. The average Bonchev–Trinajstić information content (AvgIpc) is 2.25. The SMILES string of the molecule is CCCCCCCCCCCCCC(=O)O.[Co]. The van der Waals surface area contributed by atoms with Crippen molar-refractivity contribution in [3.05, 3.63) is 0 Å². The summed E-state index contributed by atoms with van der Waals surface area (Å²) in [5.41, 5.74) is 0. The van der Waals surface area contributed by atoms with Gasteiger partial charge in [-0.25, -0.2) is 0 Å². The number of carbonyl (C=O) groups is 1. The van der Waals surface area contributed by atoms with Crippen molar-refractivity contribution in [2.24, 2.45) is 0 Å². The Bertz CT molecular complexity index is 160. The van der Waals surface area contributed by atoms with Crippen molar-refractivity contribution in [2.45, 2.75) is 84.0 Å². The number of unbranched alkanes of at least 4 members (excludes halogenated alkanes) is 10. The van der Waals surface area contributed by atoms with Gasteiger partial charge in [0.25, 0.3) is 0 Å². The number of hydrogen-bond acceptors (Lipinski definition) is 1. The fourth-order valence-corrected chi connectivity index (χ4v) is 1.94. The molecule has 0 unspecified atom stereocenters. The summed E-state index contributed by atoms with van der Waals surface area (Å²) < 4.78 is 0. The van der Waals surface area contributed by atoms with E-state index in [2.05, 4.69) is 6.92 Å². The van der Waals surface area contributed by atoms with Crippen LogP contribution in [0, 0.1) is 0 Å². The predicted octanol–water partition coefficient (Wildman–Crippen LogP) is 4.77. The number of carboxylic acid groups (broad SMARTS) is 1. The molecule has 17 heavy (non-hydrogen) atoms. The van der Waals surface area contributed by atoms with Crippen LogP contribution < -0.4 is 0 Å². The van der Waals surface area contributed by atoms with Crippen LogP contribution in [0.1, 0.15) is 84.0 Å². The maximum Gasteiger partial charge on any atom is 0.303 e. The Morgan fingerprint density at radius 1 is 0.765 bits per heavy atom. The predicted molar refractivity (Wildman–Crippen MR) is 68.7 cm³/mol. The monoisotopic (exact) mass is 287 g/mol. The van der Waals surface area contributed by atoms with Gasteiger partial charge >= 0.3 is 5.97 Å². The Hall–Kier alpha value is -0.0235. The van der Waals surface area contributed by atoms with Crippen LogP contribution in [0.15, 0.2) is 0 Å². The summed E-state index contributed by atoms with van der Waals surface area (Å²) in [7, 11) is 0. The second-order valence-electron chi connectivity index (χ2n) is 4.68. The summed E-state index contributed by atoms with van der Waals surface area (Å²) in [6, 6.07) is 0. The Kier molecular flexibility index (Phi) is 18.2. The van der Waals surface area contributed by atoms with Gasteiger partial charge in [0.05, 0.1) is 0 Å². The van der Waals surface area contributed by atoms with Crippen molar-refractivity contribution in [1.82, 2.24) is 0 Å². The van der Waals surface area contributed by atoms with E-state index in [1.165, 1.54) is 57.8 Å². The summed E-state index contributed by atoms with van der Waals surface area (Å²) in [5.74, 6) is -0.657. The van der Waals surface area contributed by atoms with Crippen molar-refractivity contribution in [3.8, 4) is 0 Å². The molecule has 3 heteroatoms. The standard InChI is InChI=1S/C14H28O2.Co/c1-2-3-4-5-6-7-8-9-10-11-12-13-14(15)16;/h2-13H2,1H3,(H,15,16);. The molecule has 2 nitrogen and oxygen atoms in total. The van der Waals surface area contributed by atoms with Gasteiger partial charge in [-0.05, 0) is 6.42 Å². The van der Waals surface area contributed by atoms with Gasteiger partial charge in [0.2, 0.25) is 0 Å². The molecule has 0 aromatic heterocycles. The summed E-state index contributed by atoms with van der Waals surface area (Å²) in [6.45, 7) is 2.25. The second-order valence-corrected chi connectivity index (χ2v) is 4.68. The Morgan fingerprint density at radius 2 is 1.12 bits per heavy atom. The average molecular weight is 287 g/mol. The smallest absolute Gasteiger partial charge is 0.303 e. The van der Waals surface area contributed by atoms with Crippen molar-refractivity contribution in [1.29, 1.82) is 0 Å². The molecule has 0 aromatic rings. The minimum atomic E-state index is -0.657. The van der Waals surface area contributed by atoms with E-state index in [0.29, 0.717) is 6.42 Å². The Morgan fingerprint density at radius 3 is 1.47 bits per heavy atom. The van der Waals surface area contributed by atoms with E-state index in [4.69, 9.17) is 5.11 Å². The number of rotatable bonds is 12. The van der Waals surface area contributed by atoms with Crippen molar-refractivity contribution in [2.75, 3.05) is 0 Å². The van der Waals surface area contributed by atoms with Crippen LogP contribution >= 0.6 is 0 Å².